The summed E-state index contributed by atoms with van der Waals surface area (Å²) in [6.45, 7) is 6.95. The number of hydrogen-bond donors (Lipinski definition) is 1. The molecule has 0 aliphatic carbocycles. The van der Waals surface area contributed by atoms with Crippen molar-refractivity contribution in [3.8, 4) is 0 Å². The molecule has 1 rings (SSSR count). The lowest BCUT2D eigenvalue weighted by molar-refractivity contribution is -0.116. The lowest BCUT2D eigenvalue weighted by Crippen LogP contribution is -2.39. The molecule has 15 heavy (non-hydrogen) atoms. The van der Waals surface area contributed by atoms with Crippen molar-refractivity contribution in [1.82, 2.24) is 10.2 Å². The van der Waals surface area contributed by atoms with E-state index in [2.05, 4.69) is 5.32 Å². The van der Waals surface area contributed by atoms with Gasteiger partial charge in [-0.1, -0.05) is 0 Å². The minimum atomic E-state index is -0.481. The number of alkyl carbamates (subject to hydrolysis) is 1. The molecule has 0 bridgehead atoms. The Morgan fingerprint density at radius 3 is 2.67 bits per heavy atom. The number of ketones is 1. The Kier molecular flexibility index (Phi) is 3.68. The van der Waals surface area contributed by atoms with Gasteiger partial charge in [-0.15, -0.1) is 0 Å². The molecule has 5 nitrogen and oxygen atoms in total. The largest absolute Gasteiger partial charge is 0.444 e. The highest BCUT2D eigenvalue weighted by molar-refractivity contribution is 5.82. The minimum Gasteiger partial charge on any atom is -0.444 e. The number of carbonyl (C=O) groups is 2. The third-order valence-electron chi connectivity index (χ3n) is 1.95. The van der Waals surface area contributed by atoms with Crippen LogP contribution in [0.4, 0.5) is 4.79 Å². The molecular weight excluding hydrogens is 196 g/mol. The number of carbonyl (C=O) groups excluding carboxylic acids is 2. The number of hydrogen-bond acceptors (Lipinski definition) is 4. The van der Waals surface area contributed by atoms with Gasteiger partial charge >= 0.3 is 6.09 Å². The van der Waals surface area contributed by atoms with E-state index in [1.54, 1.807) is 0 Å². The first-order valence-electron chi connectivity index (χ1n) is 5.08. The molecule has 1 fully saturated rings. The molecule has 0 aromatic rings. The molecule has 1 saturated heterocycles. The zero-order chi connectivity index (χ0) is 11.5. The number of likely N-dealkylation sites (tertiary alicyclic amines) is 1. The van der Waals surface area contributed by atoms with Crippen molar-refractivity contribution in [2.24, 2.45) is 0 Å². The highest BCUT2D eigenvalue weighted by Gasteiger charge is 2.21. The fourth-order valence-electron chi connectivity index (χ4n) is 1.32. The van der Waals surface area contributed by atoms with Crippen molar-refractivity contribution in [2.75, 3.05) is 19.8 Å². The van der Waals surface area contributed by atoms with Gasteiger partial charge in [0.15, 0.2) is 0 Å². The Labute approximate surface area is 89.8 Å². The van der Waals surface area contributed by atoms with E-state index >= 15 is 0 Å². The number of ether oxygens (including phenoxy) is 1. The van der Waals surface area contributed by atoms with Gasteiger partial charge in [0.25, 0.3) is 0 Å². The van der Waals surface area contributed by atoms with Crippen molar-refractivity contribution in [1.29, 1.82) is 0 Å². The number of nitrogens with one attached hydrogen (secondary N) is 1. The summed E-state index contributed by atoms with van der Waals surface area (Å²) in [7, 11) is 0. The maximum absolute atomic E-state index is 11.3. The summed E-state index contributed by atoms with van der Waals surface area (Å²) >= 11 is 0. The van der Waals surface area contributed by atoms with E-state index in [0.29, 0.717) is 26.2 Å². The highest BCUT2D eigenvalue weighted by atomic mass is 16.6. The van der Waals surface area contributed by atoms with Crippen molar-refractivity contribution in [3.05, 3.63) is 0 Å². The van der Waals surface area contributed by atoms with Crippen LogP contribution in [0.1, 0.15) is 27.2 Å². The zero-order valence-electron chi connectivity index (χ0n) is 9.50. The third-order valence-corrected chi connectivity index (χ3v) is 1.95. The van der Waals surface area contributed by atoms with Crippen LogP contribution in [0.2, 0.25) is 0 Å². The van der Waals surface area contributed by atoms with E-state index in [0.717, 1.165) is 0 Å². The van der Waals surface area contributed by atoms with Crippen LogP contribution in [0.5, 0.6) is 0 Å². The van der Waals surface area contributed by atoms with Crippen molar-refractivity contribution >= 4 is 11.9 Å². The van der Waals surface area contributed by atoms with Crippen molar-refractivity contribution in [2.45, 2.75) is 32.8 Å². The number of amides is 1. The van der Waals surface area contributed by atoms with Gasteiger partial charge in [0.1, 0.15) is 11.4 Å². The molecule has 0 aromatic carbocycles. The average Bonchev–Trinajstić information content (AvgIpc) is 2.45. The molecule has 0 unspecified atom stereocenters. The Balaban J connectivity index is 2.20. The lowest BCUT2D eigenvalue weighted by Gasteiger charge is -2.21. The molecule has 1 aliphatic heterocycles. The van der Waals surface area contributed by atoms with E-state index in [4.69, 9.17) is 4.74 Å². The first kappa shape index (κ1) is 12.0. The SMILES string of the molecule is CC(C)(C)OC(=O)NCN1CCC(=O)C1. The fourth-order valence-corrected chi connectivity index (χ4v) is 1.32. The van der Waals surface area contributed by atoms with Gasteiger partial charge in [0, 0.05) is 13.0 Å². The summed E-state index contributed by atoms with van der Waals surface area (Å²) in [6, 6.07) is 0. The maximum Gasteiger partial charge on any atom is 0.408 e. The Morgan fingerprint density at radius 2 is 2.20 bits per heavy atom. The normalized spacial score (nSPS) is 17.9. The zero-order valence-corrected chi connectivity index (χ0v) is 9.50. The lowest BCUT2D eigenvalue weighted by atomic mass is 10.2. The maximum atomic E-state index is 11.3. The van der Waals surface area contributed by atoms with E-state index in [-0.39, 0.29) is 5.78 Å². The first-order chi connectivity index (χ1) is 6.87. The van der Waals surface area contributed by atoms with Gasteiger partial charge in [-0.05, 0) is 20.8 Å². The molecule has 1 heterocycles. The van der Waals surface area contributed by atoms with Crippen LogP contribution < -0.4 is 5.32 Å². The summed E-state index contributed by atoms with van der Waals surface area (Å²) in [5.41, 5.74) is -0.481. The molecule has 0 aromatic heterocycles. The summed E-state index contributed by atoms with van der Waals surface area (Å²) in [6.07, 6.45) is 0.137. The molecule has 1 N–H and O–H groups in total. The topological polar surface area (TPSA) is 58.6 Å². The van der Waals surface area contributed by atoms with Crippen LogP contribution in [0.15, 0.2) is 0 Å². The van der Waals surface area contributed by atoms with Crippen molar-refractivity contribution in [3.63, 3.8) is 0 Å². The molecule has 0 spiro atoms. The quantitative estimate of drug-likeness (QED) is 0.736. The Morgan fingerprint density at radius 1 is 1.53 bits per heavy atom. The Hall–Kier alpha value is -1.10. The standard InChI is InChI=1S/C10H18N2O3/c1-10(2,3)15-9(14)11-7-12-5-4-8(13)6-12/h4-7H2,1-3H3,(H,11,14). The molecule has 0 atom stereocenters. The monoisotopic (exact) mass is 214 g/mol. The number of nitrogens with zero attached hydrogens (tertiary/aromatic N) is 1. The average molecular weight is 214 g/mol. The molecule has 0 saturated carbocycles. The summed E-state index contributed by atoms with van der Waals surface area (Å²) in [5, 5.41) is 2.61. The highest BCUT2D eigenvalue weighted by Crippen LogP contribution is 2.07. The molecule has 0 radical (unpaired) electrons. The number of rotatable bonds is 2. The van der Waals surface area contributed by atoms with Gasteiger partial charge in [-0.25, -0.2) is 4.79 Å². The van der Waals surface area contributed by atoms with Crippen LogP contribution in [0, 0.1) is 0 Å². The first-order valence-corrected chi connectivity index (χ1v) is 5.08. The van der Waals surface area contributed by atoms with Gasteiger partial charge in [0.2, 0.25) is 0 Å². The Bertz CT molecular complexity index is 258. The van der Waals surface area contributed by atoms with E-state index in [9.17, 15) is 9.59 Å². The predicted octanol–water partition coefficient (Wildman–Crippen LogP) is 0.743. The number of Topliss-reactive ketones (excluding diaryl/α,β-unsaturated/α-hetero) is 1. The molecular formula is C10H18N2O3. The van der Waals surface area contributed by atoms with Crippen molar-refractivity contribution < 1.29 is 14.3 Å². The smallest absolute Gasteiger partial charge is 0.408 e. The second-order valence-corrected chi connectivity index (χ2v) is 4.68. The summed E-state index contributed by atoms with van der Waals surface area (Å²) in [4.78, 5) is 24.1. The second kappa shape index (κ2) is 4.61. The van der Waals surface area contributed by atoms with Crippen LogP contribution in [-0.4, -0.2) is 42.1 Å². The van der Waals surface area contributed by atoms with Gasteiger partial charge < -0.3 is 10.1 Å². The predicted molar refractivity (Wildman–Crippen MR) is 55.4 cm³/mol. The van der Waals surface area contributed by atoms with Crippen LogP contribution in [0.3, 0.4) is 0 Å². The summed E-state index contributed by atoms with van der Waals surface area (Å²) < 4.78 is 5.06. The van der Waals surface area contributed by atoms with Crippen LogP contribution >= 0.6 is 0 Å². The summed E-state index contributed by atoms with van der Waals surface area (Å²) in [5.74, 6) is 0.223. The van der Waals surface area contributed by atoms with E-state index < -0.39 is 11.7 Å². The van der Waals surface area contributed by atoms with E-state index in [1.165, 1.54) is 0 Å². The van der Waals surface area contributed by atoms with E-state index in [1.807, 2.05) is 25.7 Å². The fraction of sp³-hybridized carbons (Fsp3) is 0.800. The molecule has 1 amide bonds. The third kappa shape index (κ3) is 4.78. The van der Waals surface area contributed by atoms with Gasteiger partial charge in [-0.3, -0.25) is 9.69 Å². The van der Waals surface area contributed by atoms with Crippen LogP contribution in [-0.2, 0) is 9.53 Å². The second-order valence-electron chi connectivity index (χ2n) is 4.68. The van der Waals surface area contributed by atoms with Crippen LogP contribution in [0.25, 0.3) is 0 Å². The molecule has 86 valence electrons. The minimum absolute atomic E-state index is 0.223. The van der Waals surface area contributed by atoms with Gasteiger partial charge in [-0.2, -0.15) is 0 Å². The molecule has 5 heteroatoms. The molecule has 1 aliphatic rings. The van der Waals surface area contributed by atoms with Gasteiger partial charge in [0.05, 0.1) is 13.2 Å².